The fraction of sp³-hybridized carbons (Fsp3) is 0.833. The summed E-state index contributed by atoms with van der Waals surface area (Å²) in [4.78, 5) is 25.7. The first-order chi connectivity index (χ1) is 8.20. The zero-order valence-corrected chi connectivity index (χ0v) is 10.1. The summed E-state index contributed by atoms with van der Waals surface area (Å²) in [6.45, 7) is 0.771. The molecule has 94 valence electrons. The predicted octanol–water partition coefficient (Wildman–Crippen LogP) is 0.743. The first kappa shape index (κ1) is 11.0. The lowest BCUT2D eigenvalue weighted by Gasteiger charge is -2.26. The predicted molar refractivity (Wildman–Crippen MR) is 60.3 cm³/mol. The third kappa shape index (κ3) is 1.56. The van der Waals surface area contributed by atoms with Crippen LogP contribution in [-0.4, -0.2) is 42.6 Å². The molecule has 0 radical (unpaired) electrons. The molecule has 0 unspecified atom stereocenters. The van der Waals surface area contributed by atoms with Gasteiger partial charge in [-0.2, -0.15) is 0 Å². The molecule has 0 spiro atoms. The van der Waals surface area contributed by atoms with Gasteiger partial charge in [-0.05, 0) is 37.5 Å². The number of nitrogens with zero attached hydrogens (tertiary/aromatic N) is 1. The van der Waals surface area contributed by atoms with Gasteiger partial charge >= 0.3 is 6.03 Å². The minimum Gasteiger partial charge on any atom is -0.383 e. The zero-order chi connectivity index (χ0) is 12.0. The Kier molecular flexibility index (Phi) is 2.40. The van der Waals surface area contributed by atoms with E-state index in [1.54, 1.807) is 7.11 Å². The van der Waals surface area contributed by atoms with E-state index < -0.39 is 5.54 Å². The molecular formula is C12H18N2O3. The molecule has 5 heteroatoms. The van der Waals surface area contributed by atoms with Crippen molar-refractivity contribution in [3.63, 3.8) is 0 Å². The number of methoxy groups -OCH3 is 1. The number of hydrogen-bond acceptors (Lipinski definition) is 3. The van der Waals surface area contributed by atoms with Crippen LogP contribution in [0.2, 0.25) is 0 Å². The van der Waals surface area contributed by atoms with Gasteiger partial charge in [-0.25, -0.2) is 4.79 Å². The molecule has 1 heterocycles. The lowest BCUT2D eigenvalue weighted by molar-refractivity contribution is -0.133. The molecule has 0 bridgehead atoms. The van der Waals surface area contributed by atoms with E-state index in [4.69, 9.17) is 4.74 Å². The van der Waals surface area contributed by atoms with Crippen molar-refractivity contribution in [1.82, 2.24) is 10.2 Å². The maximum Gasteiger partial charge on any atom is 0.325 e. The van der Waals surface area contributed by atoms with Gasteiger partial charge in [0.1, 0.15) is 5.54 Å². The Morgan fingerprint density at radius 2 is 1.88 bits per heavy atom. The number of imide groups is 1. The van der Waals surface area contributed by atoms with Crippen LogP contribution in [0, 0.1) is 11.8 Å². The van der Waals surface area contributed by atoms with E-state index in [1.165, 1.54) is 4.90 Å². The molecule has 0 aromatic rings. The van der Waals surface area contributed by atoms with Crippen molar-refractivity contribution >= 4 is 11.9 Å². The number of nitrogens with one attached hydrogen (secondary N) is 1. The van der Waals surface area contributed by atoms with Gasteiger partial charge in [0.05, 0.1) is 13.2 Å². The van der Waals surface area contributed by atoms with Gasteiger partial charge in [-0.15, -0.1) is 0 Å². The average Bonchev–Trinajstić information content (AvgIpc) is 3.17. The number of urea groups is 1. The molecule has 3 fully saturated rings. The molecule has 17 heavy (non-hydrogen) atoms. The summed E-state index contributed by atoms with van der Waals surface area (Å²) in [5.74, 6) is 0.738. The summed E-state index contributed by atoms with van der Waals surface area (Å²) in [5, 5.41) is 2.98. The van der Waals surface area contributed by atoms with Gasteiger partial charge < -0.3 is 10.1 Å². The van der Waals surface area contributed by atoms with Crippen LogP contribution in [0.15, 0.2) is 0 Å². The topological polar surface area (TPSA) is 58.6 Å². The number of carbonyl (C=O) groups excluding carboxylic acids is 2. The number of rotatable bonds is 5. The second-order valence-corrected chi connectivity index (χ2v) is 5.30. The second-order valence-electron chi connectivity index (χ2n) is 5.30. The minimum absolute atomic E-state index is 0.00968. The van der Waals surface area contributed by atoms with Crippen molar-refractivity contribution in [3.05, 3.63) is 0 Å². The molecule has 0 aromatic heterocycles. The molecule has 1 N–H and O–H groups in total. The van der Waals surface area contributed by atoms with E-state index in [0.29, 0.717) is 25.0 Å². The largest absolute Gasteiger partial charge is 0.383 e. The summed E-state index contributed by atoms with van der Waals surface area (Å²) >= 11 is 0. The Labute approximate surface area is 100 Å². The fourth-order valence-electron chi connectivity index (χ4n) is 2.96. The van der Waals surface area contributed by atoms with E-state index in [9.17, 15) is 9.59 Å². The molecule has 5 nitrogen and oxygen atoms in total. The van der Waals surface area contributed by atoms with Gasteiger partial charge in [0.15, 0.2) is 0 Å². The molecule has 0 atom stereocenters. The van der Waals surface area contributed by atoms with Crippen molar-refractivity contribution in [1.29, 1.82) is 0 Å². The quantitative estimate of drug-likeness (QED) is 0.719. The normalized spacial score (nSPS) is 27.5. The summed E-state index contributed by atoms with van der Waals surface area (Å²) in [6.07, 6.45) is 4.28. The first-order valence-electron chi connectivity index (χ1n) is 6.33. The van der Waals surface area contributed by atoms with Crippen molar-refractivity contribution in [2.45, 2.75) is 31.2 Å². The molecule has 3 amide bonds. The first-order valence-corrected chi connectivity index (χ1v) is 6.33. The van der Waals surface area contributed by atoms with Crippen molar-refractivity contribution in [2.24, 2.45) is 11.8 Å². The van der Waals surface area contributed by atoms with Crippen LogP contribution in [0.4, 0.5) is 4.79 Å². The van der Waals surface area contributed by atoms with E-state index in [-0.39, 0.29) is 11.9 Å². The van der Waals surface area contributed by atoms with Gasteiger partial charge in [0.25, 0.3) is 5.91 Å². The monoisotopic (exact) mass is 238 g/mol. The highest BCUT2D eigenvalue weighted by Crippen LogP contribution is 2.54. The summed E-state index contributed by atoms with van der Waals surface area (Å²) < 4.78 is 4.95. The van der Waals surface area contributed by atoms with Gasteiger partial charge in [-0.1, -0.05) is 0 Å². The lowest BCUT2D eigenvalue weighted by atomic mass is 9.87. The highest BCUT2D eigenvalue weighted by molar-refractivity contribution is 6.08. The van der Waals surface area contributed by atoms with Crippen LogP contribution in [0.25, 0.3) is 0 Å². The second kappa shape index (κ2) is 3.70. The van der Waals surface area contributed by atoms with Crippen LogP contribution in [0.3, 0.4) is 0 Å². The van der Waals surface area contributed by atoms with Gasteiger partial charge in [0.2, 0.25) is 0 Å². The van der Waals surface area contributed by atoms with E-state index in [0.717, 1.165) is 25.7 Å². The fourth-order valence-corrected chi connectivity index (χ4v) is 2.96. The lowest BCUT2D eigenvalue weighted by Crippen LogP contribution is -2.51. The number of ether oxygens (including phenoxy) is 1. The summed E-state index contributed by atoms with van der Waals surface area (Å²) in [5.41, 5.74) is -0.551. The molecule has 2 aliphatic carbocycles. The molecule has 1 aliphatic heterocycles. The Morgan fingerprint density at radius 1 is 1.29 bits per heavy atom. The van der Waals surface area contributed by atoms with Crippen LogP contribution < -0.4 is 5.32 Å². The van der Waals surface area contributed by atoms with E-state index in [2.05, 4.69) is 5.32 Å². The Balaban J connectivity index is 1.82. The summed E-state index contributed by atoms with van der Waals surface area (Å²) in [6, 6.07) is -0.231. The van der Waals surface area contributed by atoms with Gasteiger partial charge in [0, 0.05) is 7.11 Å². The smallest absolute Gasteiger partial charge is 0.325 e. The third-order valence-corrected chi connectivity index (χ3v) is 4.12. The minimum atomic E-state index is -0.551. The molecule has 1 saturated heterocycles. The molecule has 3 aliphatic rings. The zero-order valence-electron chi connectivity index (χ0n) is 10.1. The van der Waals surface area contributed by atoms with Crippen LogP contribution >= 0.6 is 0 Å². The Morgan fingerprint density at radius 3 is 2.35 bits per heavy atom. The molecule has 0 aromatic carbocycles. The van der Waals surface area contributed by atoms with Crippen molar-refractivity contribution < 1.29 is 14.3 Å². The van der Waals surface area contributed by atoms with Crippen LogP contribution in [0.1, 0.15) is 25.7 Å². The average molecular weight is 238 g/mol. The van der Waals surface area contributed by atoms with Crippen LogP contribution in [0.5, 0.6) is 0 Å². The molecular weight excluding hydrogens is 220 g/mol. The van der Waals surface area contributed by atoms with Crippen molar-refractivity contribution in [2.75, 3.05) is 20.3 Å². The third-order valence-electron chi connectivity index (χ3n) is 4.12. The number of carbonyl (C=O) groups is 2. The molecule has 2 saturated carbocycles. The maximum absolute atomic E-state index is 12.5. The van der Waals surface area contributed by atoms with E-state index >= 15 is 0 Å². The standard InChI is InChI=1S/C12H18N2O3/c1-17-7-6-14-10(15)12(8-2-3-8,9-4-5-9)13-11(14)16/h8-9H,2-7H2,1H3,(H,13,16). The number of amides is 3. The highest BCUT2D eigenvalue weighted by atomic mass is 16.5. The SMILES string of the molecule is COCCN1C(=O)NC(C2CC2)(C2CC2)C1=O. The van der Waals surface area contributed by atoms with E-state index in [1.807, 2.05) is 0 Å². The van der Waals surface area contributed by atoms with Crippen molar-refractivity contribution in [3.8, 4) is 0 Å². The number of hydrogen-bond donors (Lipinski definition) is 1. The Bertz CT molecular complexity index is 349. The Hall–Kier alpha value is -1.10. The molecule has 3 rings (SSSR count). The summed E-state index contributed by atoms with van der Waals surface area (Å²) in [7, 11) is 1.58. The van der Waals surface area contributed by atoms with Crippen LogP contribution in [-0.2, 0) is 9.53 Å². The highest BCUT2D eigenvalue weighted by Gasteiger charge is 2.65. The maximum atomic E-state index is 12.5. The van der Waals surface area contributed by atoms with Gasteiger partial charge in [-0.3, -0.25) is 9.69 Å².